The molecular formula is C13H28O3Si. The van der Waals surface area contributed by atoms with Crippen LogP contribution in [-0.4, -0.2) is 32.9 Å². The maximum absolute atomic E-state index is 6.18. The van der Waals surface area contributed by atoms with Crippen molar-refractivity contribution in [2.75, 3.05) is 6.61 Å². The Bertz CT molecular complexity index is 268. The van der Waals surface area contributed by atoms with Gasteiger partial charge in [0.25, 0.3) is 0 Å². The fourth-order valence-corrected chi connectivity index (χ4v) is 2.70. The molecule has 0 aromatic heterocycles. The van der Waals surface area contributed by atoms with Crippen molar-refractivity contribution in [1.82, 2.24) is 0 Å². The van der Waals surface area contributed by atoms with Gasteiger partial charge in [0.05, 0.1) is 12.7 Å². The van der Waals surface area contributed by atoms with Gasteiger partial charge in [-0.25, -0.2) is 0 Å². The Labute approximate surface area is 107 Å². The van der Waals surface area contributed by atoms with Crippen molar-refractivity contribution >= 4 is 8.32 Å². The summed E-state index contributed by atoms with van der Waals surface area (Å²) >= 11 is 0. The average molecular weight is 260 g/mol. The second kappa shape index (κ2) is 4.65. The molecule has 1 heterocycles. The van der Waals surface area contributed by atoms with Gasteiger partial charge in [-0.1, -0.05) is 20.8 Å². The smallest absolute Gasteiger partial charge is 0.192 e. The van der Waals surface area contributed by atoms with E-state index in [0.29, 0.717) is 6.61 Å². The molecule has 1 fully saturated rings. The minimum absolute atomic E-state index is 0.0547. The average Bonchev–Trinajstić information content (AvgIpc) is 2.34. The summed E-state index contributed by atoms with van der Waals surface area (Å²) in [5.41, 5.74) is 0. The van der Waals surface area contributed by atoms with Crippen LogP contribution in [0.2, 0.25) is 18.1 Å². The Morgan fingerprint density at radius 1 is 1.18 bits per heavy atom. The predicted molar refractivity (Wildman–Crippen MR) is 72.6 cm³/mol. The lowest BCUT2D eigenvalue weighted by atomic mass is 10.2. The molecule has 0 aromatic carbocycles. The number of hydrogen-bond donors (Lipinski definition) is 0. The molecule has 3 nitrogen and oxygen atoms in total. The van der Waals surface area contributed by atoms with E-state index in [1.807, 2.05) is 13.8 Å². The van der Waals surface area contributed by atoms with E-state index in [1.165, 1.54) is 0 Å². The maximum atomic E-state index is 6.18. The highest BCUT2D eigenvalue weighted by Crippen LogP contribution is 2.37. The Balaban J connectivity index is 2.52. The molecule has 4 heteroatoms. The molecule has 0 aromatic rings. The van der Waals surface area contributed by atoms with Crippen LogP contribution in [0, 0.1) is 0 Å². The van der Waals surface area contributed by atoms with Gasteiger partial charge in [0, 0.05) is 0 Å². The first-order chi connectivity index (χ1) is 7.45. The van der Waals surface area contributed by atoms with Gasteiger partial charge in [-0.15, -0.1) is 0 Å². The number of rotatable bonds is 3. The molecular weight excluding hydrogens is 232 g/mol. The lowest BCUT2D eigenvalue weighted by Crippen LogP contribution is -2.43. The Hall–Kier alpha value is 0.0969. The van der Waals surface area contributed by atoms with Crippen LogP contribution in [-0.2, 0) is 13.9 Å². The summed E-state index contributed by atoms with van der Waals surface area (Å²) in [7, 11) is -1.68. The third-order valence-corrected chi connectivity index (χ3v) is 8.34. The van der Waals surface area contributed by atoms with E-state index in [2.05, 4.69) is 40.8 Å². The van der Waals surface area contributed by atoms with E-state index in [1.54, 1.807) is 0 Å². The summed E-state index contributed by atoms with van der Waals surface area (Å²) in [5.74, 6) is -0.471. The largest absolute Gasteiger partial charge is 0.414 e. The fraction of sp³-hybridized carbons (Fsp3) is 1.00. The second-order valence-electron chi connectivity index (χ2n) is 6.95. The molecule has 0 spiro atoms. The quantitative estimate of drug-likeness (QED) is 0.726. The van der Waals surface area contributed by atoms with Crippen LogP contribution in [0.4, 0.5) is 0 Å². The zero-order valence-corrected chi connectivity index (χ0v) is 13.6. The van der Waals surface area contributed by atoms with Crippen molar-refractivity contribution in [2.24, 2.45) is 0 Å². The van der Waals surface area contributed by atoms with Gasteiger partial charge in [-0.3, -0.25) is 0 Å². The zero-order chi connectivity index (χ0) is 13.5. The second-order valence-corrected chi connectivity index (χ2v) is 11.8. The first kappa shape index (κ1) is 15.2. The molecule has 0 amide bonds. The van der Waals surface area contributed by atoms with Crippen LogP contribution in [0.25, 0.3) is 0 Å². The molecule has 17 heavy (non-hydrogen) atoms. The lowest BCUT2D eigenvalue weighted by molar-refractivity contribution is -0.147. The topological polar surface area (TPSA) is 27.7 Å². The molecule has 1 rings (SSSR count). The number of hydrogen-bond acceptors (Lipinski definition) is 3. The van der Waals surface area contributed by atoms with E-state index in [0.717, 1.165) is 0 Å². The van der Waals surface area contributed by atoms with E-state index < -0.39 is 14.1 Å². The van der Waals surface area contributed by atoms with Crippen LogP contribution < -0.4 is 0 Å². The van der Waals surface area contributed by atoms with Crippen molar-refractivity contribution in [3.8, 4) is 0 Å². The van der Waals surface area contributed by atoms with Crippen LogP contribution >= 0.6 is 0 Å². The summed E-state index contributed by atoms with van der Waals surface area (Å²) < 4.78 is 17.7. The van der Waals surface area contributed by atoms with E-state index >= 15 is 0 Å². The Morgan fingerprint density at radius 2 is 1.71 bits per heavy atom. The molecule has 0 N–H and O–H groups in total. The van der Waals surface area contributed by atoms with Crippen LogP contribution in [0.5, 0.6) is 0 Å². The minimum atomic E-state index is -1.68. The molecule has 0 saturated carbocycles. The van der Waals surface area contributed by atoms with Crippen LogP contribution in [0.3, 0.4) is 0 Å². The molecule has 0 aliphatic carbocycles. The van der Waals surface area contributed by atoms with Crippen LogP contribution in [0.1, 0.15) is 41.5 Å². The minimum Gasteiger partial charge on any atom is -0.414 e. The molecule has 0 radical (unpaired) electrons. The molecule has 102 valence electrons. The first-order valence-corrected chi connectivity index (χ1v) is 9.35. The Morgan fingerprint density at radius 3 is 2.06 bits per heavy atom. The normalized spacial score (nSPS) is 29.6. The molecule has 0 bridgehead atoms. The highest BCUT2D eigenvalue weighted by atomic mass is 28.4. The SMILES string of the molecule is C[C@H]1OC(C)(C)O[C@@H]1CO[Si](C)(C)C(C)(C)C. The summed E-state index contributed by atoms with van der Waals surface area (Å²) in [4.78, 5) is 0. The van der Waals surface area contributed by atoms with Crippen LogP contribution in [0.15, 0.2) is 0 Å². The van der Waals surface area contributed by atoms with E-state index in [9.17, 15) is 0 Å². The lowest BCUT2D eigenvalue weighted by Gasteiger charge is -2.37. The van der Waals surface area contributed by atoms with Gasteiger partial charge in [0.1, 0.15) is 6.10 Å². The van der Waals surface area contributed by atoms with Crippen molar-refractivity contribution in [1.29, 1.82) is 0 Å². The molecule has 1 saturated heterocycles. The van der Waals surface area contributed by atoms with Crippen molar-refractivity contribution in [3.63, 3.8) is 0 Å². The monoisotopic (exact) mass is 260 g/mol. The molecule has 1 aliphatic rings. The summed E-state index contributed by atoms with van der Waals surface area (Å²) in [6.07, 6.45) is 0.161. The third-order valence-electron chi connectivity index (χ3n) is 3.84. The molecule has 1 aliphatic heterocycles. The van der Waals surface area contributed by atoms with Gasteiger partial charge in [-0.05, 0) is 38.9 Å². The molecule has 0 unspecified atom stereocenters. The van der Waals surface area contributed by atoms with Crippen molar-refractivity contribution in [3.05, 3.63) is 0 Å². The van der Waals surface area contributed by atoms with Crippen molar-refractivity contribution in [2.45, 2.75) is 77.7 Å². The van der Waals surface area contributed by atoms with E-state index in [-0.39, 0.29) is 17.2 Å². The van der Waals surface area contributed by atoms with E-state index in [4.69, 9.17) is 13.9 Å². The summed E-state index contributed by atoms with van der Waals surface area (Å²) in [6, 6.07) is 0. The van der Waals surface area contributed by atoms with Gasteiger partial charge in [0.15, 0.2) is 14.1 Å². The van der Waals surface area contributed by atoms with Gasteiger partial charge < -0.3 is 13.9 Å². The highest BCUT2D eigenvalue weighted by molar-refractivity contribution is 6.74. The van der Waals surface area contributed by atoms with Gasteiger partial charge in [-0.2, -0.15) is 0 Å². The highest BCUT2D eigenvalue weighted by Gasteiger charge is 2.42. The van der Waals surface area contributed by atoms with Gasteiger partial charge in [0.2, 0.25) is 0 Å². The van der Waals surface area contributed by atoms with Gasteiger partial charge >= 0.3 is 0 Å². The third kappa shape index (κ3) is 3.78. The first-order valence-electron chi connectivity index (χ1n) is 6.44. The standard InChI is InChI=1S/C13H28O3Si/c1-10-11(16-13(5,6)15-10)9-14-17(7,8)12(2,3)4/h10-11H,9H2,1-8H3/t10-,11-/m1/s1. The summed E-state index contributed by atoms with van der Waals surface area (Å²) in [5, 5.41) is 0.241. The molecule has 2 atom stereocenters. The Kier molecular flexibility index (Phi) is 4.14. The number of ether oxygens (including phenoxy) is 2. The van der Waals surface area contributed by atoms with Crippen molar-refractivity contribution < 1.29 is 13.9 Å². The zero-order valence-electron chi connectivity index (χ0n) is 12.6. The maximum Gasteiger partial charge on any atom is 0.192 e. The fourth-order valence-electron chi connectivity index (χ4n) is 1.69. The predicted octanol–water partition coefficient (Wildman–Crippen LogP) is 3.55. The summed E-state index contributed by atoms with van der Waals surface area (Å²) in [6.45, 7) is 17.9.